The topological polar surface area (TPSA) is 60.2 Å². The number of benzene rings is 1. The summed E-state index contributed by atoms with van der Waals surface area (Å²) in [5.74, 6) is 1.04. The maximum Gasteiger partial charge on any atom is 0.213 e. The summed E-state index contributed by atoms with van der Waals surface area (Å²) in [7, 11) is 0. The molecule has 2 aromatic rings. The minimum atomic E-state index is 0.187. The molecule has 0 aliphatic carbocycles. The van der Waals surface area contributed by atoms with E-state index in [1.165, 1.54) is 6.39 Å². The first-order valence-electron chi connectivity index (χ1n) is 6.15. The maximum absolute atomic E-state index is 6.19. The van der Waals surface area contributed by atoms with Gasteiger partial charge in [0.15, 0.2) is 6.61 Å². The van der Waals surface area contributed by atoms with Crippen LogP contribution < -0.4 is 10.1 Å². The predicted octanol–water partition coefficient (Wildman–Crippen LogP) is 3.45. The molecule has 0 bridgehead atoms. The van der Waals surface area contributed by atoms with Crippen LogP contribution in [0.1, 0.15) is 25.2 Å². The Morgan fingerprint density at radius 1 is 1.35 bits per heavy atom. The van der Waals surface area contributed by atoms with E-state index >= 15 is 0 Å². The molecule has 2 rings (SSSR count). The fourth-order valence-corrected chi connectivity index (χ4v) is 2.20. The molecule has 20 heavy (non-hydrogen) atoms. The number of hydrogen-bond acceptors (Lipinski definition) is 5. The zero-order chi connectivity index (χ0) is 14.5. The van der Waals surface area contributed by atoms with Crippen LogP contribution in [0, 0.1) is 0 Å². The summed E-state index contributed by atoms with van der Waals surface area (Å²) in [6.07, 6.45) is 1.25. The first-order chi connectivity index (χ1) is 9.56. The molecule has 1 heterocycles. The molecule has 0 amide bonds. The van der Waals surface area contributed by atoms with Gasteiger partial charge >= 0.3 is 0 Å². The molecule has 0 saturated heterocycles. The van der Waals surface area contributed by atoms with Gasteiger partial charge in [-0.1, -0.05) is 42.2 Å². The van der Waals surface area contributed by atoms with Crippen molar-refractivity contribution in [1.29, 1.82) is 0 Å². The molecule has 0 aliphatic rings. The van der Waals surface area contributed by atoms with Gasteiger partial charge in [0.1, 0.15) is 5.75 Å². The summed E-state index contributed by atoms with van der Waals surface area (Å²) in [6.45, 7) is 4.92. The molecule has 1 N–H and O–H groups in total. The largest absolute Gasteiger partial charge is 0.484 e. The van der Waals surface area contributed by atoms with E-state index < -0.39 is 0 Å². The van der Waals surface area contributed by atoms with Crippen molar-refractivity contribution in [2.45, 2.75) is 33.0 Å². The van der Waals surface area contributed by atoms with Gasteiger partial charge in [0.25, 0.3) is 0 Å². The molecular formula is C13H15Cl2N3O2. The summed E-state index contributed by atoms with van der Waals surface area (Å²) in [4.78, 5) is 3.89. The van der Waals surface area contributed by atoms with E-state index in [-0.39, 0.29) is 6.61 Å². The molecule has 1 aromatic heterocycles. The van der Waals surface area contributed by atoms with E-state index in [4.69, 9.17) is 27.9 Å². The summed E-state index contributed by atoms with van der Waals surface area (Å²) in [5.41, 5.74) is 0.889. The van der Waals surface area contributed by atoms with Gasteiger partial charge in [0.05, 0.1) is 5.02 Å². The van der Waals surface area contributed by atoms with E-state index in [0.29, 0.717) is 34.2 Å². The van der Waals surface area contributed by atoms with Gasteiger partial charge < -0.3 is 14.6 Å². The Labute approximate surface area is 127 Å². The standard InChI is InChI=1S/C13H15Cl2N3O2/c1-8(2)16-5-9-3-10(14)4-11(15)13(9)19-6-12-17-7-20-18-12/h3-4,7-8,16H,5-6H2,1-2H3. The summed E-state index contributed by atoms with van der Waals surface area (Å²) in [6, 6.07) is 3.82. The van der Waals surface area contributed by atoms with Crippen molar-refractivity contribution in [3.8, 4) is 5.75 Å². The lowest BCUT2D eigenvalue weighted by Crippen LogP contribution is -2.22. The highest BCUT2D eigenvalue weighted by molar-refractivity contribution is 6.35. The number of rotatable bonds is 6. The molecule has 0 saturated carbocycles. The number of ether oxygens (including phenoxy) is 1. The van der Waals surface area contributed by atoms with Gasteiger partial charge in [-0.3, -0.25) is 0 Å². The minimum Gasteiger partial charge on any atom is -0.484 e. The molecule has 7 heteroatoms. The molecular weight excluding hydrogens is 301 g/mol. The quantitative estimate of drug-likeness (QED) is 0.884. The van der Waals surface area contributed by atoms with Crippen LogP contribution in [0.25, 0.3) is 0 Å². The lowest BCUT2D eigenvalue weighted by Gasteiger charge is -2.15. The second kappa shape index (κ2) is 6.92. The Hall–Kier alpha value is -1.30. The first-order valence-corrected chi connectivity index (χ1v) is 6.91. The SMILES string of the molecule is CC(C)NCc1cc(Cl)cc(Cl)c1OCc1ncon1. The lowest BCUT2D eigenvalue weighted by atomic mass is 10.2. The smallest absolute Gasteiger partial charge is 0.213 e. The summed E-state index contributed by atoms with van der Waals surface area (Å²) < 4.78 is 10.3. The van der Waals surface area contributed by atoms with Crippen molar-refractivity contribution in [3.05, 3.63) is 40.0 Å². The van der Waals surface area contributed by atoms with E-state index in [2.05, 4.69) is 33.8 Å². The van der Waals surface area contributed by atoms with Gasteiger partial charge in [0, 0.05) is 23.2 Å². The van der Waals surface area contributed by atoms with Crippen molar-refractivity contribution in [3.63, 3.8) is 0 Å². The zero-order valence-electron chi connectivity index (χ0n) is 11.2. The normalized spacial score (nSPS) is 11.1. The molecule has 0 radical (unpaired) electrons. The Morgan fingerprint density at radius 3 is 2.80 bits per heavy atom. The number of halogens is 2. The second-order valence-electron chi connectivity index (χ2n) is 4.55. The highest BCUT2D eigenvalue weighted by atomic mass is 35.5. The van der Waals surface area contributed by atoms with Crippen molar-refractivity contribution in [2.24, 2.45) is 0 Å². The predicted molar refractivity (Wildman–Crippen MR) is 77.1 cm³/mol. The average molecular weight is 316 g/mol. The molecule has 108 valence electrons. The Kier molecular flexibility index (Phi) is 5.23. The van der Waals surface area contributed by atoms with E-state index in [1.54, 1.807) is 6.07 Å². The van der Waals surface area contributed by atoms with Crippen LogP contribution in [-0.4, -0.2) is 16.2 Å². The van der Waals surface area contributed by atoms with Gasteiger partial charge in [-0.15, -0.1) is 0 Å². The third-order valence-electron chi connectivity index (χ3n) is 2.54. The van der Waals surface area contributed by atoms with Crippen molar-refractivity contribution in [1.82, 2.24) is 15.5 Å². The molecule has 1 aromatic carbocycles. The number of hydrogen-bond donors (Lipinski definition) is 1. The third-order valence-corrected chi connectivity index (χ3v) is 3.04. The van der Waals surface area contributed by atoms with Crippen LogP contribution in [0.15, 0.2) is 23.0 Å². The number of nitrogens with one attached hydrogen (secondary N) is 1. The van der Waals surface area contributed by atoms with Crippen molar-refractivity contribution < 1.29 is 9.26 Å². The van der Waals surface area contributed by atoms with Crippen LogP contribution in [0.5, 0.6) is 5.75 Å². The third kappa shape index (κ3) is 4.10. The molecule has 0 atom stereocenters. The molecule has 0 fully saturated rings. The van der Waals surface area contributed by atoms with Crippen LogP contribution in [-0.2, 0) is 13.2 Å². The van der Waals surface area contributed by atoms with Gasteiger partial charge in [0.2, 0.25) is 12.2 Å². The lowest BCUT2D eigenvalue weighted by molar-refractivity contribution is 0.283. The fourth-order valence-electron chi connectivity index (χ4n) is 1.61. The van der Waals surface area contributed by atoms with E-state index in [1.807, 2.05) is 6.07 Å². The van der Waals surface area contributed by atoms with Crippen LogP contribution in [0.4, 0.5) is 0 Å². The molecule has 5 nitrogen and oxygen atoms in total. The average Bonchev–Trinajstić information content (AvgIpc) is 2.88. The number of aromatic nitrogens is 2. The highest BCUT2D eigenvalue weighted by Gasteiger charge is 2.12. The van der Waals surface area contributed by atoms with E-state index in [9.17, 15) is 0 Å². The Bertz CT molecular complexity index is 559. The Balaban J connectivity index is 2.16. The number of nitrogens with zero attached hydrogens (tertiary/aromatic N) is 2. The second-order valence-corrected chi connectivity index (χ2v) is 5.39. The molecule has 0 spiro atoms. The van der Waals surface area contributed by atoms with Gasteiger partial charge in [-0.05, 0) is 12.1 Å². The van der Waals surface area contributed by atoms with Crippen LogP contribution in [0.3, 0.4) is 0 Å². The van der Waals surface area contributed by atoms with Crippen LogP contribution in [0.2, 0.25) is 10.0 Å². The summed E-state index contributed by atoms with van der Waals surface area (Å²) >= 11 is 12.2. The molecule has 0 unspecified atom stereocenters. The fraction of sp³-hybridized carbons (Fsp3) is 0.385. The van der Waals surface area contributed by atoms with Gasteiger partial charge in [-0.2, -0.15) is 4.98 Å². The highest BCUT2D eigenvalue weighted by Crippen LogP contribution is 2.33. The van der Waals surface area contributed by atoms with Crippen molar-refractivity contribution >= 4 is 23.2 Å². The first kappa shape index (κ1) is 15.1. The monoisotopic (exact) mass is 315 g/mol. The molecule has 0 aliphatic heterocycles. The zero-order valence-corrected chi connectivity index (χ0v) is 12.7. The minimum absolute atomic E-state index is 0.187. The maximum atomic E-state index is 6.19. The van der Waals surface area contributed by atoms with Crippen LogP contribution >= 0.6 is 23.2 Å². The summed E-state index contributed by atoms with van der Waals surface area (Å²) in [5, 5.41) is 8.02. The van der Waals surface area contributed by atoms with Crippen molar-refractivity contribution in [2.75, 3.05) is 0 Å². The Morgan fingerprint density at radius 2 is 2.15 bits per heavy atom. The van der Waals surface area contributed by atoms with Gasteiger partial charge in [-0.25, -0.2) is 0 Å². The van der Waals surface area contributed by atoms with E-state index in [0.717, 1.165) is 5.56 Å².